The summed E-state index contributed by atoms with van der Waals surface area (Å²) in [7, 11) is 0. The van der Waals surface area contributed by atoms with Gasteiger partial charge in [0.05, 0.1) is 10.5 Å². The number of carbonyl (C=O) groups excluding carboxylic acids is 1. The van der Waals surface area contributed by atoms with Crippen molar-refractivity contribution in [3.63, 3.8) is 0 Å². The summed E-state index contributed by atoms with van der Waals surface area (Å²) in [6.07, 6.45) is 0. The molecular formula is C19H18FN3O4. The van der Waals surface area contributed by atoms with Crippen molar-refractivity contribution in [1.82, 2.24) is 4.98 Å². The number of halogens is 1. The molecule has 0 radical (unpaired) electrons. The third kappa shape index (κ3) is 3.64. The van der Waals surface area contributed by atoms with Crippen molar-refractivity contribution in [3.05, 3.63) is 63.3 Å². The molecule has 3 rings (SSSR count). The zero-order valence-electron chi connectivity index (χ0n) is 15.3. The average molecular weight is 371 g/mol. The molecule has 1 amide bonds. The second kappa shape index (κ2) is 6.46. The number of nitrogens with one attached hydrogen (secondary N) is 1. The SMILES string of the molecule is Cc1c(F)cc(C(=O)Nc2ccc3oc(C(C)(C)C)nc3c2)cc1[N+](=O)[O-]. The van der Waals surface area contributed by atoms with Crippen LogP contribution in [-0.2, 0) is 5.41 Å². The Kier molecular flexibility index (Phi) is 4.43. The van der Waals surface area contributed by atoms with Gasteiger partial charge >= 0.3 is 0 Å². The molecule has 7 nitrogen and oxygen atoms in total. The summed E-state index contributed by atoms with van der Waals surface area (Å²) < 4.78 is 19.6. The number of rotatable bonds is 3. The van der Waals surface area contributed by atoms with Crippen molar-refractivity contribution in [2.24, 2.45) is 0 Å². The normalized spacial score (nSPS) is 11.6. The Morgan fingerprint density at radius 1 is 1.26 bits per heavy atom. The minimum atomic E-state index is -0.809. The molecule has 2 aromatic carbocycles. The van der Waals surface area contributed by atoms with Crippen LogP contribution in [0.15, 0.2) is 34.7 Å². The van der Waals surface area contributed by atoms with E-state index in [1.807, 2.05) is 20.8 Å². The molecule has 0 atom stereocenters. The first-order valence-electron chi connectivity index (χ1n) is 8.23. The predicted molar refractivity (Wildman–Crippen MR) is 98.5 cm³/mol. The van der Waals surface area contributed by atoms with E-state index in [-0.39, 0.29) is 16.5 Å². The van der Waals surface area contributed by atoms with Crippen molar-refractivity contribution >= 4 is 28.4 Å². The molecule has 0 aliphatic rings. The van der Waals surface area contributed by atoms with Crippen LogP contribution in [0, 0.1) is 22.9 Å². The standard InChI is InChI=1S/C19H18FN3O4/c1-10-13(20)7-11(8-15(10)23(25)26)17(24)21-12-5-6-16-14(9-12)22-18(27-16)19(2,3)4/h5-9H,1-4H3,(H,21,24). The van der Waals surface area contributed by atoms with Gasteiger partial charge in [0.1, 0.15) is 11.3 Å². The maximum atomic E-state index is 13.9. The van der Waals surface area contributed by atoms with E-state index >= 15 is 0 Å². The summed E-state index contributed by atoms with van der Waals surface area (Å²) in [5, 5.41) is 13.6. The molecule has 3 aromatic rings. The van der Waals surface area contributed by atoms with Crippen molar-refractivity contribution in [3.8, 4) is 0 Å². The second-order valence-corrected chi connectivity index (χ2v) is 7.26. The smallest absolute Gasteiger partial charge is 0.276 e. The van der Waals surface area contributed by atoms with Crippen LogP contribution >= 0.6 is 0 Å². The van der Waals surface area contributed by atoms with E-state index in [0.29, 0.717) is 22.7 Å². The molecule has 0 saturated heterocycles. The summed E-state index contributed by atoms with van der Waals surface area (Å²) in [5.74, 6) is -0.899. The molecule has 0 unspecified atom stereocenters. The van der Waals surface area contributed by atoms with Gasteiger partial charge in [0.2, 0.25) is 5.89 Å². The molecule has 27 heavy (non-hydrogen) atoms. The first-order chi connectivity index (χ1) is 12.6. The van der Waals surface area contributed by atoms with Gasteiger partial charge in [-0.15, -0.1) is 0 Å². The van der Waals surface area contributed by atoms with Crippen LogP contribution < -0.4 is 5.32 Å². The fraction of sp³-hybridized carbons (Fsp3) is 0.263. The third-order valence-corrected chi connectivity index (χ3v) is 4.06. The number of anilines is 1. The van der Waals surface area contributed by atoms with Gasteiger partial charge in [-0.2, -0.15) is 0 Å². The molecule has 0 saturated carbocycles. The van der Waals surface area contributed by atoms with Crippen LogP contribution in [0.2, 0.25) is 0 Å². The Bertz CT molecular complexity index is 1070. The van der Waals surface area contributed by atoms with E-state index in [1.54, 1.807) is 18.2 Å². The number of oxazole rings is 1. The molecule has 0 aliphatic carbocycles. The monoisotopic (exact) mass is 371 g/mol. The maximum Gasteiger partial charge on any atom is 0.276 e. The number of nitro benzene ring substituents is 1. The highest BCUT2D eigenvalue weighted by Gasteiger charge is 2.22. The molecule has 1 N–H and O–H groups in total. The van der Waals surface area contributed by atoms with Gasteiger partial charge in [-0.1, -0.05) is 20.8 Å². The number of carbonyl (C=O) groups is 1. The summed E-state index contributed by atoms with van der Waals surface area (Å²) >= 11 is 0. The Labute approximate surface area is 154 Å². The maximum absolute atomic E-state index is 13.9. The zero-order chi connectivity index (χ0) is 19.9. The number of fused-ring (bicyclic) bond motifs is 1. The van der Waals surface area contributed by atoms with E-state index in [2.05, 4.69) is 10.3 Å². The fourth-order valence-electron chi connectivity index (χ4n) is 2.51. The molecule has 140 valence electrons. The highest BCUT2D eigenvalue weighted by Crippen LogP contribution is 2.28. The van der Waals surface area contributed by atoms with Crippen molar-refractivity contribution in [2.45, 2.75) is 33.1 Å². The van der Waals surface area contributed by atoms with Gasteiger partial charge in [0.15, 0.2) is 5.58 Å². The summed E-state index contributed by atoms with van der Waals surface area (Å²) in [4.78, 5) is 27.1. The Morgan fingerprint density at radius 3 is 2.59 bits per heavy atom. The molecule has 8 heteroatoms. The fourth-order valence-corrected chi connectivity index (χ4v) is 2.51. The molecule has 0 aliphatic heterocycles. The molecule has 0 spiro atoms. The van der Waals surface area contributed by atoms with E-state index in [0.717, 1.165) is 12.1 Å². The van der Waals surface area contributed by atoms with Gasteiger partial charge in [0.25, 0.3) is 11.6 Å². The average Bonchev–Trinajstić information content (AvgIpc) is 3.00. The number of hydrogen-bond donors (Lipinski definition) is 1. The quantitative estimate of drug-likeness (QED) is 0.530. The number of nitrogens with zero attached hydrogens (tertiary/aromatic N) is 2. The lowest BCUT2D eigenvalue weighted by Gasteiger charge is -2.11. The molecule has 1 heterocycles. The Morgan fingerprint density at radius 2 is 1.96 bits per heavy atom. The number of nitro groups is 1. The number of benzene rings is 2. The van der Waals surface area contributed by atoms with Crippen LogP contribution in [0.3, 0.4) is 0 Å². The highest BCUT2D eigenvalue weighted by molar-refractivity contribution is 6.05. The molecular weight excluding hydrogens is 353 g/mol. The van der Waals surface area contributed by atoms with Gasteiger partial charge in [-0.3, -0.25) is 14.9 Å². The Balaban J connectivity index is 1.91. The van der Waals surface area contributed by atoms with Gasteiger partial charge in [-0.05, 0) is 31.2 Å². The van der Waals surface area contributed by atoms with Gasteiger partial charge < -0.3 is 9.73 Å². The minimum Gasteiger partial charge on any atom is -0.440 e. The van der Waals surface area contributed by atoms with Crippen LogP contribution in [0.1, 0.15) is 42.6 Å². The summed E-state index contributed by atoms with van der Waals surface area (Å²) in [5.41, 5.74) is 0.608. The molecule has 1 aromatic heterocycles. The number of aromatic nitrogens is 1. The summed E-state index contributed by atoms with van der Waals surface area (Å²) in [6, 6.07) is 6.96. The first-order valence-corrected chi connectivity index (χ1v) is 8.23. The Hall–Kier alpha value is -3.29. The number of amides is 1. The second-order valence-electron chi connectivity index (χ2n) is 7.26. The van der Waals surface area contributed by atoms with Crippen LogP contribution in [0.4, 0.5) is 15.8 Å². The van der Waals surface area contributed by atoms with Crippen molar-refractivity contribution in [2.75, 3.05) is 5.32 Å². The lowest BCUT2D eigenvalue weighted by Crippen LogP contribution is -2.13. The largest absolute Gasteiger partial charge is 0.440 e. The lowest BCUT2D eigenvalue weighted by molar-refractivity contribution is -0.385. The topological polar surface area (TPSA) is 98.3 Å². The number of hydrogen-bond acceptors (Lipinski definition) is 5. The van der Waals surface area contributed by atoms with E-state index < -0.39 is 22.3 Å². The third-order valence-electron chi connectivity index (χ3n) is 4.06. The minimum absolute atomic E-state index is 0.115. The zero-order valence-corrected chi connectivity index (χ0v) is 15.3. The lowest BCUT2D eigenvalue weighted by atomic mass is 9.97. The summed E-state index contributed by atoms with van der Waals surface area (Å²) in [6.45, 7) is 7.21. The highest BCUT2D eigenvalue weighted by atomic mass is 19.1. The van der Waals surface area contributed by atoms with Crippen molar-refractivity contribution < 1.29 is 18.5 Å². The van der Waals surface area contributed by atoms with Gasteiger partial charge in [-0.25, -0.2) is 9.37 Å². The van der Waals surface area contributed by atoms with Crippen LogP contribution in [0.5, 0.6) is 0 Å². The van der Waals surface area contributed by atoms with Crippen molar-refractivity contribution in [1.29, 1.82) is 0 Å². The van der Waals surface area contributed by atoms with Crippen LogP contribution in [0.25, 0.3) is 11.1 Å². The first kappa shape index (κ1) is 18.5. The molecule has 0 bridgehead atoms. The van der Waals surface area contributed by atoms with E-state index in [4.69, 9.17) is 4.42 Å². The van der Waals surface area contributed by atoms with E-state index in [9.17, 15) is 19.3 Å². The van der Waals surface area contributed by atoms with E-state index in [1.165, 1.54) is 6.92 Å². The predicted octanol–water partition coefficient (Wildman–Crippen LogP) is 4.73. The van der Waals surface area contributed by atoms with Gasteiger partial charge in [0, 0.05) is 22.7 Å². The van der Waals surface area contributed by atoms with Crippen LogP contribution in [-0.4, -0.2) is 15.8 Å². The molecule has 0 fully saturated rings.